The summed E-state index contributed by atoms with van der Waals surface area (Å²) in [6, 6.07) is 0. The highest BCUT2D eigenvalue weighted by molar-refractivity contribution is 4.96. The van der Waals surface area contributed by atoms with Crippen molar-refractivity contribution in [2.75, 3.05) is 20.5 Å². The van der Waals surface area contributed by atoms with E-state index in [-0.39, 0.29) is 25.4 Å². The van der Waals surface area contributed by atoms with E-state index < -0.39 is 0 Å². The lowest BCUT2D eigenvalue weighted by atomic mass is 10.0. The Kier molecular flexibility index (Phi) is 6.78. The van der Waals surface area contributed by atoms with Gasteiger partial charge in [0.2, 0.25) is 0 Å². The summed E-state index contributed by atoms with van der Waals surface area (Å²) >= 11 is 0. The Balaban J connectivity index is 3.73. The highest BCUT2D eigenvalue weighted by Gasteiger charge is 2.14. The molecule has 0 fully saturated rings. The third-order valence-corrected chi connectivity index (χ3v) is 1.63. The van der Waals surface area contributed by atoms with E-state index in [1.54, 1.807) is 7.11 Å². The molecular formula is C9H16O3. The highest BCUT2D eigenvalue weighted by Crippen LogP contribution is 2.10. The maximum absolute atomic E-state index is 8.65. The van der Waals surface area contributed by atoms with E-state index >= 15 is 0 Å². The van der Waals surface area contributed by atoms with E-state index in [0.29, 0.717) is 6.42 Å². The minimum atomic E-state index is -0.267. The van der Waals surface area contributed by atoms with Crippen LogP contribution in [0.25, 0.3) is 0 Å². The van der Waals surface area contributed by atoms with Crippen molar-refractivity contribution in [2.24, 2.45) is 5.92 Å². The van der Waals surface area contributed by atoms with Crippen LogP contribution in [0.1, 0.15) is 13.3 Å². The monoisotopic (exact) mass is 172 g/mol. The standard InChI is InChI=1S/C9H16O3/c1-4-9(12-7-11-3)8(2)5-6-10/h1,8-10H,5-7H2,2-3H3/t8-,9+/m0/s1. The number of methoxy groups -OCH3 is 1. The molecular weight excluding hydrogens is 156 g/mol. The first-order chi connectivity index (χ1) is 5.76. The lowest BCUT2D eigenvalue weighted by Gasteiger charge is -2.17. The summed E-state index contributed by atoms with van der Waals surface area (Å²) in [6.07, 6.45) is 5.62. The molecule has 0 bridgehead atoms. The van der Waals surface area contributed by atoms with Crippen LogP contribution in [-0.2, 0) is 9.47 Å². The number of hydrogen-bond donors (Lipinski definition) is 1. The highest BCUT2D eigenvalue weighted by atomic mass is 16.7. The Morgan fingerprint density at radius 3 is 2.67 bits per heavy atom. The van der Waals surface area contributed by atoms with Gasteiger partial charge in [0.05, 0.1) is 0 Å². The van der Waals surface area contributed by atoms with Gasteiger partial charge in [-0.2, -0.15) is 0 Å². The van der Waals surface area contributed by atoms with Crippen LogP contribution in [0.5, 0.6) is 0 Å². The molecule has 0 unspecified atom stereocenters. The summed E-state index contributed by atoms with van der Waals surface area (Å²) in [5.74, 6) is 2.67. The molecule has 0 amide bonds. The van der Waals surface area contributed by atoms with Gasteiger partial charge < -0.3 is 14.6 Å². The number of hydrogen-bond acceptors (Lipinski definition) is 3. The summed E-state index contributed by atoms with van der Waals surface area (Å²) < 4.78 is 9.91. The van der Waals surface area contributed by atoms with Crippen molar-refractivity contribution in [1.29, 1.82) is 0 Å². The molecule has 0 aliphatic carbocycles. The van der Waals surface area contributed by atoms with Crippen molar-refractivity contribution in [1.82, 2.24) is 0 Å². The van der Waals surface area contributed by atoms with Crippen LogP contribution in [0, 0.1) is 18.3 Å². The fourth-order valence-corrected chi connectivity index (χ4v) is 0.873. The fourth-order valence-electron chi connectivity index (χ4n) is 0.873. The SMILES string of the molecule is C#C[C@@H](OCOC)[C@@H](C)CCO. The number of ether oxygens (including phenoxy) is 2. The van der Waals surface area contributed by atoms with E-state index in [1.165, 1.54) is 0 Å². The third-order valence-electron chi connectivity index (χ3n) is 1.63. The van der Waals surface area contributed by atoms with E-state index in [4.69, 9.17) is 21.0 Å². The van der Waals surface area contributed by atoms with E-state index in [9.17, 15) is 0 Å². The number of aliphatic hydroxyl groups is 1. The van der Waals surface area contributed by atoms with E-state index in [0.717, 1.165) is 0 Å². The molecule has 0 spiro atoms. The van der Waals surface area contributed by atoms with E-state index in [1.807, 2.05) is 6.92 Å². The molecule has 70 valence electrons. The molecule has 3 heteroatoms. The Labute approximate surface area is 73.7 Å². The van der Waals surface area contributed by atoms with Crippen molar-refractivity contribution in [3.8, 4) is 12.3 Å². The second-order valence-corrected chi connectivity index (χ2v) is 2.65. The first kappa shape index (κ1) is 11.4. The Hall–Kier alpha value is -0.560. The van der Waals surface area contributed by atoms with Gasteiger partial charge in [-0.05, 0) is 12.3 Å². The molecule has 0 rings (SSSR count). The van der Waals surface area contributed by atoms with Crippen LogP contribution in [0.4, 0.5) is 0 Å². The maximum atomic E-state index is 8.65. The van der Waals surface area contributed by atoms with Crippen LogP contribution in [0.2, 0.25) is 0 Å². The number of rotatable bonds is 6. The normalized spacial score (nSPS) is 15.2. The summed E-state index contributed by atoms with van der Waals surface area (Å²) in [5.41, 5.74) is 0. The Morgan fingerprint density at radius 1 is 1.58 bits per heavy atom. The quantitative estimate of drug-likeness (QED) is 0.471. The predicted molar refractivity (Wildman–Crippen MR) is 46.4 cm³/mol. The number of terminal acetylenes is 1. The number of aliphatic hydroxyl groups excluding tert-OH is 1. The van der Waals surface area contributed by atoms with Crippen LogP contribution in [0.3, 0.4) is 0 Å². The molecule has 0 saturated heterocycles. The zero-order valence-electron chi connectivity index (χ0n) is 7.62. The minimum Gasteiger partial charge on any atom is -0.396 e. The molecule has 0 aliphatic rings. The van der Waals surface area contributed by atoms with Gasteiger partial charge in [0.1, 0.15) is 12.9 Å². The molecule has 0 radical (unpaired) electrons. The van der Waals surface area contributed by atoms with Gasteiger partial charge in [0, 0.05) is 13.7 Å². The zero-order chi connectivity index (χ0) is 9.40. The summed E-state index contributed by atoms with van der Waals surface area (Å²) in [7, 11) is 1.55. The van der Waals surface area contributed by atoms with Crippen molar-refractivity contribution < 1.29 is 14.6 Å². The second kappa shape index (κ2) is 7.11. The maximum Gasteiger partial charge on any atom is 0.148 e. The smallest absolute Gasteiger partial charge is 0.148 e. The van der Waals surface area contributed by atoms with Crippen molar-refractivity contribution in [2.45, 2.75) is 19.4 Å². The second-order valence-electron chi connectivity index (χ2n) is 2.65. The van der Waals surface area contributed by atoms with Crippen molar-refractivity contribution in [3.05, 3.63) is 0 Å². The third kappa shape index (κ3) is 4.35. The molecule has 0 aromatic heterocycles. The van der Waals surface area contributed by atoms with Crippen LogP contribution in [-0.4, -0.2) is 31.7 Å². The predicted octanol–water partition coefficient (Wildman–Crippen LogP) is 0.627. The average Bonchev–Trinajstić information content (AvgIpc) is 2.06. The van der Waals surface area contributed by atoms with Crippen molar-refractivity contribution in [3.63, 3.8) is 0 Å². The lowest BCUT2D eigenvalue weighted by molar-refractivity contribution is -0.0694. The van der Waals surface area contributed by atoms with Gasteiger partial charge >= 0.3 is 0 Å². The fraction of sp³-hybridized carbons (Fsp3) is 0.778. The summed E-state index contributed by atoms with van der Waals surface area (Å²) in [4.78, 5) is 0. The van der Waals surface area contributed by atoms with E-state index in [2.05, 4.69) is 5.92 Å². The molecule has 0 aliphatic heterocycles. The molecule has 12 heavy (non-hydrogen) atoms. The molecule has 0 aromatic carbocycles. The van der Waals surface area contributed by atoms with Gasteiger partial charge in [-0.25, -0.2) is 0 Å². The molecule has 0 aromatic rings. The molecule has 0 heterocycles. The first-order valence-electron chi connectivity index (χ1n) is 3.93. The molecule has 2 atom stereocenters. The molecule has 1 N–H and O–H groups in total. The lowest BCUT2D eigenvalue weighted by Crippen LogP contribution is -2.22. The largest absolute Gasteiger partial charge is 0.396 e. The molecule has 0 saturated carbocycles. The van der Waals surface area contributed by atoms with Gasteiger partial charge in [0.25, 0.3) is 0 Å². The zero-order valence-corrected chi connectivity index (χ0v) is 7.62. The van der Waals surface area contributed by atoms with Crippen LogP contribution < -0.4 is 0 Å². The van der Waals surface area contributed by atoms with Crippen LogP contribution in [0.15, 0.2) is 0 Å². The average molecular weight is 172 g/mol. The van der Waals surface area contributed by atoms with Crippen molar-refractivity contribution >= 4 is 0 Å². The summed E-state index contributed by atoms with van der Waals surface area (Å²) in [5, 5.41) is 8.65. The summed E-state index contributed by atoms with van der Waals surface area (Å²) in [6.45, 7) is 2.27. The Bertz CT molecular complexity index is 139. The van der Waals surface area contributed by atoms with Crippen LogP contribution >= 0.6 is 0 Å². The molecule has 3 nitrogen and oxygen atoms in total. The van der Waals surface area contributed by atoms with Gasteiger partial charge in [-0.1, -0.05) is 12.8 Å². The first-order valence-corrected chi connectivity index (χ1v) is 3.93. The van der Waals surface area contributed by atoms with Gasteiger partial charge in [-0.15, -0.1) is 6.42 Å². The Morgan fingerprint density at radius 2 is 2.25 bits per heavy atom. The van der Waals surface area contributed by atoms with Gasteiger partial charge in [0.15, 0.2) is 0 Å². The topological polar surface area (TPSA) is 38.7 Å². The van der Waals surface area contributed by atoms with Gasteiger partial charge in [-0.3, -0.25) is 0 Å². The minimum absolute atomic E-state index is 0.135.